The molecule has 5 aromatic rings. The summed E-state index contributed by atoms with van der Waals surface area (Å²) < 4.78 is 10.9. The summed E-state index contributed by atoms with van der Waals surface area (Å²) in [7, 11) is 0. The van der Waals surface area contributed by atoms with Crippen LogP contribution in [0, 0.1) is 41.7 Å². The Hall–Kier alpha value is -2.94. The van der Waals surface area contributed by atoms with Crippen LogP contribution in [0.5, 0.6) is 11.5 Å². The first-order chi connectivity index (χ1) is 15.1. The molecule has 0 atom stereocenters. The number of rotatable bonds is 3. The van der Waals surface area contributed by atoms with Crippen LogP contribution >= 0.6 is 0 Å². The summed E-state index contributed by atoms with van der Waals surface area (Å²) in [4.78, 5) is 26.0. The van der Waals surface area contributed by atoms with E-state index in [-0.39, 0.29) is 75.5 Å². The number of hydrogen-bond donors (Lipinski definition) is 2. The van der Waals surface area contributed by atoms with Crippen LogP contribution in [0.1, 0.15) is 22.6 Å². The molecule has 0 aliphatic heterocycles. The van der Waals surface area contributed by atoms with Crippen molar-refractivity contribution in [2.24, 2.45) is 0 Å². The number of benzene rings is 3. The predicted molar refractivity (Wildman–Crippen MR) is 116 cm³/mol. The van der Waals surface area contributed by atoms with Crippen LogP contribution in [0.15, 0.2) is 97.3 Å². The van der Waals surface area contributed by atoms with Crippen LogP contribution in [0.2, 0.25) is 0 Å². The molecule has 0 saturated carbocycles. The van der Waals surface area contributed by atoms with Gasteiger partial charge in [-0.05, 0) is 29.8 Å². The summed E-state index contributed by atoms with van der Waals surface area (Å²) in [5.74, 6) is -1.73. The first-order valence-electron chi connectivity index (χ1n) is 9.60. The number of aromatic hydroxyl groups is 2. The van der Waals surface area contributed by atoms with Gasteiger partial charge in [-0.2, -0.15) is 0 Å². The van der Waals surface area contributed by atoms with Crippen molar-refractivity contribution in [3.8, 4) is 11.5 Å². The van der Waals surface area contributed by atoms with Crippen molar-refractivity contribution in [3.63, 3.8) is 0 Å². The molecule has 0 spiro atoms. The molecule has 0 aliphatic carbocycles. The van der Waals surface area contributed by atoms with Gasteiger partial charge < -0.3 is 19.0 Å². The van der Waals surface area contributed by atoms with E-state index < -0.39 is 17.2 Å². The fraction of sp³-hybridized carbons (Fsp3) is 0.0400. The largest absolute Gasteiger partial charge is 3.00 e. The van der Waals surface area contributed by atoms with E-state index in [0.29, 0.717) is 16.3 Å². The van der Waals surface area contributed by atoms with Crippen LogP contribution in [0.4, 0.5) is 0 Å². The fourth-order valence-electron chi connectivity index (χ4n) is 3.93. The van der Waals surface area contributed by atoms with Gasteiger partial charge in [0.1, 0.15) is 22.7 Å². The molecule has 0 amide bonds. The van der Waals surface area contributed by atoms with Gasteiger partial charge in [0.05, 0.1) is 27.8 Å². The minimum atomic E-state index is -1.11. The van der Waals surface area contributed by atoms with Crippen LogP contribution in [-0.2, 0) is 0 Å². The predicted octanol–water partition coefficient (Wildman–Crippen LogP) is 4.49. The van der Waals surface area contributed by atoms with Gasteiger partial charge in [0.2, 0.25) is 0 Å². The van der Waals surface area contributed by atoms with Crippen LogP contribution in [0.25, 0.3) is 21.9 Å². The molecule has 2 N–H and O–H groups in total. The first kappa shape index (κ1) is 22.3. The fourth-order valence-corrected chi connectivity index (χ4v) is 3.93. The number of fused-ring (bicyclic) bond motifs is 2. The van der Waals surface area contributed by atoms with Crippen molar-refractivity contribution in [3.05, 3.63) is 116 Å². The maximum Gasteiger partial charge on any atom is 3.00 e. The molecule has 2 aromatic heterocycles. The summed E-state index contributed by atoms with van der Waals surface area (Å²) in [6.07, 6.45) is 0. The molecule has 0 aliphatic rings. The van der Waals surface area contributed by atoms with Gasteiger partial charge >= 0.3 is 53.0 Å². The number of hydrogen-bond acceptors (Lipinski definition) is 6. The van der Waals surface area contributed by atoms with Crippen LogP contribution in [-0.4, -0.2) is 10.2 Å². The Labute approximate surface area is 215 Å². The van der Waals surface area contributed by atoms with E-state index in [9.17, 15) is 19.8 Å². The van der Waals surface area contributed by atoms with E-state index in [1.807, 2.05) is 0 Å². The molecule has 2 heterocycles. The van der Waals surface area contributed by atoms with Crippen molar-refractivity contribution in [2.45, 2.75) is 5.92 Å². The first-order valence-corrected chi connectivity index (χ1v) is 9.60. The Morgan fingerprint density at radius 1 is 0.594 bits per heavy atom. The molecule has 0 saturated heterocycles. The van der Waals surface area contributed by atoms with E-state index >= 15 is 0 Å². The minimum absolute atomic E-state index is 0. The summed E-state index contributed by atoms with van der Waals surface area (Å²) >= 11 is 0. The van der Waals surface area contributed by atoms with E-state index in [2.05, 4.69) is 0 Å². The topological polar surface area (TPSA) is 101 Å². The van der Waals surface area contributed by atoms with Crippen molar-refractivity contribution in [2.75, 3.05) is 0 Å². The summed E-state index contributed by atoms with van der Waals surface area (Å²) in [5, 5.41) is 22.7. The normalized spacial score (nSPS) is 11.0. The third kappa shape index (κ3) is 3.64. The molecule has 32 heavy (non-hydrogen) atoms. The summed E-state index contributed by atoms with van der Waals surface area (Å²) in [6.45, 7) is 0. The second-order valence-electron chi connectivity index (χ2n) is 7.14. The maximum absolute atomic E-state index is 13.0. The average molecular weight is 553 g/mol. The summed E-state index contributed by atoms with van der Waals surface area (Å²) in [5.41, 5.74) is -0.969. The van der Waals surface area contributed by atoms with Crippen molar-refractivity contribution < 1.29 is 60.8 Å². The Kier molecular flexibility index (Phi) is 6.19. The zero-order valence-corrected chi connectivity index (χ0v) is 19.8. The van der Waals surface area contributed by atoms with Gasteiger partial charge in [0.25, 0.3) is 0 Å². The zero-order valence-electron chi connectivity index (χ0n) is 16.6. The van der Waals surface area contributed by atoms with Crippen LogP contribution < -0.4 is 11.3 Å². The molecule has 0 bridgehead atoms. The average Bonchev–Trinajstić information content (AvgIpc) is 2.78. The Bertz CT molecular complexity index is 1450. The third-order valence-electron chi connectivity index (χ3n) is 5.35. The summed E-state index contributed by atoms with van der Waals surface area (Å²) in [6, 6.07) is 21.8. The second-order valence-corrected chi connectivity index (χ2v) is 7.14. The molecule has 0 fully saturated rings. The standard InChI is InChI=1S/C25H16O6.Ce/c26-22-15-10-4-6-12-17(15)30-24(28)20(22)19(14-8-2-1-3-9-14)21-23(27)16-11-5-7-13-18(16)31-25(21)29;/h1-13,19,26-27H;/q;+3. The second kappa shape index (κ2) is 8.89. The molecular weight excluding hydrogens is 536 g/mol. The molecule has 5 rings (SSSR count). The zero-order chi connectivity index (χ0) is 21.5. The molecule has 3 aromatic carbocycles. The Morgan fingerprint density at radius 2 is 1.00 bits per heavy atom. The quantitative estimate of drug-likeness (QED) is 0.320. The minimum Gasteiger partial charge on any atom is -0.507 e. The van der Waals surface area contributed by atoms with Gasteiger partial charge in [-0.15, -0.1) is 0 Å². The van der Waals surface area contributed by atoms with E-state index in [1.165, 1.54) is 0 Å². The van der Waals surface area contributed by atoms with Gasteiger partial charge in [-0.25, -0.2) is 9.59 Å². The maximum atomic E-state index is 13.0. The van der Waals surface area contributed by atoms with E-state index in [1.54, 1.807) is 78.9 Å². The van der Waals surface area contributed by atoms with Gasteiger partial charge in [-0.3, -0.25) is 0 Å². The molecule has 0 unspecified atom stereocenters. The van der Waals surface area contributed by atoms with Crippen molar-refractivity contribution in [1.29, 1.82) is 0 Å². The Balaban J connectivity index is 0.00000245. The monoisotopic (exact) mass is 552 g/mol. The van der Waals surface area contributed by atoms with E-state index in [0.717, 1.165) is 0 Å². The molecule has 6 nitrogen and oxygen atoms in total. The van der Waals surface area contributed by atoms with E-state index in [4.69, 9.17) is 8.83 Å². The van der Waals surface area contributed by atoms with Gasteiger partial charge in [0, 0.05) is 0 Å². The molecule has 1 radical (unpaired) electrons. The van der Waals surface area contributed by atoms with Gasteiger partial charge in [0.15, 0.2) is 0 Å². The molecular formula is C25H16CeO6+3. The smallest absolute Gasteiger partial charge is 0.507 e. The van der Waals surface area contributed by atoms with Crippen molar-refractivity contribution >= 4 is 21.9 Å². The molecule has 153 valence electrons. The Morgan fingerprint density at radius 3 is 1.47 bits per heavy atom. The van der Waals surface area contributed by atoms with Crippen molar-refractivity contribution in [1.82, 2.24) is 0 Å². The van der Waals surface area contributed by atoms with Crippen LogP contribution in [0.3, 0.4) is 0 Å². The third-order valence-corrected chi connectivity index (χ3v) is 5.35. The van der Waals surface area contributed by atoms with Gasteiger partial charge in [-0.1, -0.05) is 54.6 Å². The SMILES string of the molecule is O=c1oc2ccccc2c(O)c1C(c1ccccc1)c1c(O)c2ccccc2oc1=O.[Ce+3]. The number of para-hydroxylation sites is 2. The molecule has 7 heteroatoms.